The summed E-state index contributed by atoms with van der Waals surface area (Å²) < 4.78 is 6.14. The van der Waals surface area contributed by atoms with Gasteiger partial charge in [0.15, 0.2) is 5.75 Å². The van der Waals surface area contributed by atoms with Crippen molar-refractivity contribution in [1.29, 1.82) is 0 Å². The van der Waals surface area contributed by atoms with Gasteiger partial charge in [0.05, 0.1) is 23.2 Å². The highest BCUT2D eigenvalue weighted by Crippen LogP contribution is 2.35. The van der Waals surface area contributed by atoms with Gasteiger partial charge in [-0.15, -0.1) is 0 Å². The van der Waals surface area contributed by atoms with Gasteiger partial charge in [0.2, 0.25) is 0 Å². The van der Waals surface area contributed by atoms with Crippen LogP contribution in [0.15, 0.2) is 91.0 Å². The van der Waals surface area contributed by atoms with Gasteiger partial charge in [-0.3, -0.25) is 9.59 Å². The molecule has 9 nitrogen and oxygen atoms in total. The summed E-state index contributed by atoms with van der Waals surface area (Å²) >= 11 is 8.19. The molecule has 0 fully saturated rings. The van der Waals surface area contributed by atoms with Crippen molar-refractivity contribution < 1.29 is 38.9 Å². The molecule has 0 unspecified atom stereocenters. The molecular formula is C29H15ClINO8-2. The highest BCUT2D eigenvalue weighted by atomic mass is 127. The second-order valence-corrected chi connectivity index (χ2v) is 9.81. The number of carbonyl (C=O) groups is 5. The number of carbonyl (C=O) groups excluding carboxylic acids is 5. The number of rotatable bonds is 7. The molecule has 200 valence electrons. The van der Waals surface area contributed by atoms with E-state index in [9.17, 15) is 34.2 Å². The zero-order valence-electron chi connectivity index (χ0n) is 20.1. The van der Waals surface area contributed by atoms with Crippen LogP contribution in [0.5, 0.6) is 5.75 Å². The molecule has 4 rings (SSSR count). The maximum Gasteiger partial charge on any atom is 0.344 e. The quantitative estimate of drug-likeness (QED) is 0.126. The Hall–Kier alpha value is -4.55. The van der Waals surface area contributed by atoms with Crippen LogP contribution in [-0.4, -0.2) is 29.7 Å². The summed E-state index contributed by atoms with van der Waals surface area (Å²) in [4.78, 5) is 64.7. The Balaban J connectivity index is 1.89. The van der Waals surface area contributed by atoms with Gasteiger partial charge in [0.25, 0.3) is 11.8 Å². The van der Waals surface area contributed by atoms with Crippen molar-refractivity contribution in [3.8, 4) is 5.75 Å². The van der Waals surface area contributed by atoms with Crippen molar-refractivity contribution in [3.63, 3.8) is 0 Å². The Kier molecular flexibility index (Phi) is 8.61. The molecule has 0 bridgehead atoms. The number of hydrogen-bond donors (Lipinski definition) is 0. The van der Waals surface area contributed by atoms with Gasteiger partial charge in [-0.2, -0.15) is 0 Å². The van der Waals surface area contributed by atoms with E-state index >= 15 is 0 Å². The Labute approximate surface area is 245 Å². The maximum absolute atomic E-state index is 13.9. The van der Waals surface area contributed by atoms with Gasteiger partial charge in [-0.05, 0) is 71.1 Å². The summed E-state index contributed by atoms with van der Waals surface area (Å²) in [6.45, 7) is 0. The van der Waals surface area contributed by atoms with Crippen molar-refractivity contribution in [3.05, 3.63) is 127 Å². The molecule has 0 heterocycles. The minimum absolute atomic E-state index is 0.0476. The fraction of sp³-hybridized carbons (Fsp3) is 0. The number of amides is 2. The number of imide groups is 1. The van der Waals surface area contributed by atoms with Gasteiger partial charge in [-0.25, -0.2) is 9.69 Å². The number of aromatic carboxylic acids is 2. The Morgan fingerprint density at radius 3 is 1.85 bits per heavy atom. The second kappa shape index (κ2) is 12.1. The first kappa shape index (κ1) is 28.5. The Morgan fingerprint density at radius 2 is 1.25 bits per heavy atom. The summed E-state index contributed by atoms with van der Waals surface area (Å²) in [5, 5.41) is 23.3. The number of carboxylic acids is 2. The first-order valence-corrected chi connectivity index (χ1v) is 12.8. The molecule has 4 aromatic carbocycles. The third-order valence-corrected chi connectivity index (χ3v) is 6.49. The lowest BCUT2D eigenvalue weighted by Crippen LogP contribution is -2.39. The van der Waals surface area contributed by atoms with E-state index in [1.165, 1.54) is 66.7 Å². The monoisotopic (exact) mass is 667 g/mol. The molecule has 0 radical (unpaired) electrons. The van der Waals surface area contributed by atoms with Crippen LogP contribution in [0.2, 0.25) is 5.02 Å². The lowest BCUT2D eigenvalue weighted by Gasteiger charge is -2.25. The average Bonchev–Trinajstić information content (AvgIpc) is 2.94. The van der Waals surface area contributed by atoms with E-state index in [1.807, 2.05) is 22.6 Å². The van der Waals surface area contributed by atoms with E-state index in [1.54, 1.807) is 12.1 Å². The molecule has 0 spiro atoms. The SMILES string of the molecule is O=C([O-])c1ccccc1C(=O)Oc1ccc(Cl)cc1N(C(=O)c1cccc(I)c1)C(=O)c1ccccc1C(=O)[O-]. The van der Waals surface area contributed by atoms with Crippen molar-refractivity contribution in [2.45, 2.75) is 0 Å². The van der Waals surface area contributed by atoms with Crippen molar-refractivity contribution in [2.75, 3.05) is 4.90 Å². The molecule has 2 amide bonds. The highest BCUT2D eigenvalue weighted by Gasteiger charge is 2.31. The number of benzene rings is 4. The first-order chi connectivity index (χ1) is 19.1. The van der Waals surface area contributed by atoms with Crippen LogP contribution in [0.4, 0.5) is 5.69 Å². The van der Waals surface area contributed by atoms with E-state index in [-0.39, 0.29) is 33.1 Å². The largest absolute Gasteiger partial charge is 0.545 e. The minimum Gasteiger partial charge on any atom is -0.545 e. The molecule has 4 aromatic rings. The zero-order valence-corrected chi connectivity index (χ0v) is 23.0. The molecule has 0 saturated heterocycles. The fourth-order valence-electron chi connectivity index (χ4n) is 3.78. The number of ether oxygens (including phenoxy) is 1. The van der Waals surface area contributed by atoms with Crippen molar-refractivity contribution >= 4 is 69.6 Å². The molecule has 0 aliphatic heterocycles. The summed E-state index contributed by atoms with van der Waals surface area (Å²) in [7, 11) is 0. The predicted octanol–water partition coefficient (Wildman–Crippen LogP) is 3.38. The van der Waals surface area contributed by atoms with E-state index < -0.39 is 40.8 Å². The van der Waals surface area contributed by atoms with E-state index in [4.69, 9.17) is 16.3 Å². The minimum atomic E-state index is -1.65. The van der Waals surface area contributed by atoms with Crippen LogP contribution in [0.1, 0.15) is 51.8 Å². The lowest BCUT2D eigenvalue weighted by atomic mass is 10.0. The number of hydrogen-bond acceptors (Lipinski definition) is 8. The van der Waals surface area contributed by atoms with Gasteiger partial charge >= 0.3 is 5.97 Å². The topological polar surface area (TPSA) is 144 Å². The molecule has 0 saturated carbocycles. The average molecular weight is 668 g/mol. The van der Waals surface area contributed by atoms with Crippen molar-refractivity contribution in [2.24, 2.45) is 0 Å². The van der Waals surface area contributed by atoms with Gasteiger partial charge < -0.3 is 24.5 Å². The van der Waals surface area contributed by atoms with Crippen LogP contribution in [0, 0.1) is 3.57 Å². The third kappa shape index (κ3) is 6.03. The van der Waals surface area contributed by atoms with Gasteiger partial charge in [-0.1, -0.05) is 54.1 Å². The van der Waals surface area contributed by atoms with Crippen LogP contribution >= 0.6 is 34.2 Å². The lowest BCUT2D eigenvalue weighted by molar-refractivity contribution is -0.256. The number of esters is 1. The summed E-state index contributed by atoms with van der Waals surface area (Å²) in [5.41, 5.74) is -1.86. The second-order valence-electron chi connectivity index (χ2n) is 8.12. The number of halogens is 2. The van der Waals surface area contributed by atoms with Crippen LogP contribution in [0.3, 0.4) is 0 Å². The molecule has 0 aromatic heterocycles. The van der Waals surface area contributed by atoms with Crippen molar-refractivity contribution in [1.82, 2.24) is 0 Å². The van der Waals surface area contributed by atoms with E-state index in [0.717, 1.165) is 12.1 Å². The molecule has 40 heavy (non-hydrogen) atoms. The fourth-order valence-corrected chi connectivity index (χ4v) is 4.48. The molecule has 0 aliphatic carbocycles. The van der Waals surface area contributed by atoms with Crippen LogP contribution in [0.25, 0.3) is 0 Å². The molecule has 0 aliphatic rings. The molecule has 11 heteroatoms. The smallest absolute Gasteiger partial charge is 0.344 e. The number of carboxylic acid groups (broad SMARTS) is 2. The highest BCUT2D eigenvalue weighted by molar-refractivity contribution is 14.1. The maximum atomic E-state index is 13.9. The normalized spacial score (nSPS) is 10.4. The van der Waals surface area contributed by atoms with Gasteiger partial charge in [0, 0.05) is 30.8 Å². The molecular weight excluding hydrogens is 653 g/mol. The summed E-state index contributed by atoms with van der Waals surface area (Å²) in [5.74, 6) is -6.67. The molecule has 0 N–H and O–H groups in total. The summed E-state index contributed by atoms with van der Waals surface area (Å²) in [6, 6.07) is 20.3. The summed E-state index contributed by atoms with van der Waals surface area (Å²) in [6.07, 6.45) is 0. The predicted molar refractivity (Wildman–Crippen MR) is 148 cm³/mol. The number of nitrogens with zero attached hydrogens (tertiary/aromatic N) is 1. The van der Waals surface area contributed by atoms with Gasteiger partial charge in [0.1, 0.15) is 0 Å². The third-order valence-electron chi connectivity index (χ3n) is 5.59. The first-order valence-electron chi connectivity index (χ1n) is 11.4. The van der Waals surface area contributed by atoms with Crippen LogP contribution in [-0.2, 0) is 0 Å². The van der Waals surface area contributed by atoms with E-state index in [0.29, 0.717) is 8.47 Å². The Morgan fingerprint density at radius 1 is 0.675 bits per heavy atom. The molecule has 0 atom stereocenters. The standard InChI is InChI=1S/C29H17ClINO8/c30-17-12-13-24(40-29(39)22-11-4-3-10-21(22)28(37)38)23(15-17)32(25(33)16-6-5-7-18(31)14-16)26(34)19-8-1-2-9-20(19)27(35)36/h1-15H,(H,35,36)(H,37,38)/p-2. The zero-order chi connectivity index (χ0) is 29.0. The number of anilines is 1. The van der Waals surface area contributed by atoms with E-state index in [2.05, 4.69) is 0 Å². The van der Waals surface area contributed by atoms with Crippen LogP contribution < -0.4 is 19.8 Å². The Bertz CT molecular complexity index is 1690.